The van der Waals surface area contributed by atoms with E-state index in [1.165, 1.54) is 6.92 Å². The Kier molecular flexibility index (Phi) is 6.36. The first kappa shape index (κ1) is 19.2. The number of benzene rings is 1. The van der Waals surface area contributed by atoms with Gasteiger partial charge in [0.2, 0.25) is 0 Å². The average Bonchev–Trinajstić information content (AvgIpc) is 3.18. The molecule has 0 saturated carbocycles. The van der Waals surface area contributed by atoms with Crippen LogP contribution in [-0.4, -0.2) is 53.9 Å². The van der Waals surface area contributed by atoms with Gasteiger partial charge in [0.1, 0.15) is 0 Å². The predicted molar refractivity (Wildman–Crippen MR) is 102 cm³/mol. The number of amides is 1. The Balaban J connectivity index is 1.55. The topological polar surface area (TPSA) is 93.7 Å². The minimum Gasteiger partial charge on any atom is -0.448 e. The van der Waals surface area contributed by atoms with Crippen LogP contribution in [0.3, 0.4) is 0 Å². The Morgan fingerprint density at radius 3 is 2.67 bits per heavy atom. The lowest BCUT2D eigenvalue weighted by Gasteiger charge is -2.28. The Bertz CT molecular complexity index is 787. The highest BCUT2D eigenvalue weighted by molar-refractivity contribution is 7.07. The van der Waals surface area contributed by atoms with Gasteiger partial charge in [-0.05, 0) is 49.1 Å². The highest BCUT2D eigenvalue weighted by Gasteiger charge is 2.23. The van der Waals surface area contributed by atoms with Gasteiger partial charge >= 0.3 is 5.97 Å². The number of anilines is 2. The van der Waals surface area contributed by atoms with Crippen molar-refractivity contribution in [1.29, 1.82) is 0 Å². The lowest BCUT2D eigenvalue weighted by molar-refractivity contribution is -0.123. The maximum absolute atomic E-state index is 12.3. The van der Waals surface area contributed by atoms with Crippen molar-refractivity contribution in [2.24, 2.45) is 0 Å². The van der Waals surface area contributed by atoms with Crippen LogP contribution in [0.1, 0.15) is 29.2 Å². The molecule has 1 N–H and O–H groups in total. The Labute approximate surface area is 161 Å². The number of nitrogens with zero attached hydrogens (tertiary/aromatic N) is 3. The van der Waals surface area contributed by atoms with Crippen LogP contribution < -0.4 is 10.2 Å². The van der Waals surface area contributed by atoms with Crippen LogP contribution in [-0.2, 0) is 20.7 Å². The summed E-state index contributed by atoms with van der Waals surface area (Å²) < 4.78 is 14.4. The summed E-state index contributed by atoms with van der Waals surface area (Å²) >= 11 is 0.974. The van der Waals surface area contributed by atoms with Crippen molar-refractivity contribution in [2.75, 3.05) is 36.5 Å². The zero-order valence-electron chi connectivity index (χ0n) is 15.3. The number of morpholine rings is 1. The maximum atomic E-state index is 12.3. The van der Waals surface area contributed by atoms with Gasteiger partial charge in [0, 0.05) is 24.5 Å². The zero-order valence-corrected chi connectivity index (χ0v) is 16.1. The number of ether oxygens (including phenoxy) is 2. The van der Waals surface area contributed by atoms with E-state index in [2.05, 4.69) is 19.8 Å². The Morgan fingerprint density at radius 1 is 1.30 bits per heavy atom. The number of nitrogens with one attached hydrogen (secondary N) is 1. The van der Waals surface area contributed by atoms with Crippen LogP contribution in [0, 0.1) is 0 Å². The van der Waals surface area contributed by atoms with Gasteiger partial charge in [-0.25, -0.2) is 4.79 Å². The lowest BCUT2D eigenvalue weighted by Crippen LogP contribution is -2.36. The first-order chi connectivity index (χ1) is 13.1. The fourth-order valence-electron chi connectivity index (χ4n) is 2.68. The van der Waals surface area contributed by atoms with Gasteiger partial charge in [-0.1, -0.05) is 11.4 Å². The fraction of sp³-hybridized carbons (Fsp3) is 0.444. The molecule has 2 aromatic rings. The molecule has 1 aromatic heterocycles. The van der Waals surface area contributed by atoms with Gasteiger partial charge in [-0.15, -0.1) is 5.10 Å². The summed E-state index contributed by atoms with van der Waals surface area (Å²) in [5, 5.41) is 6.64. The van der Waals surface area contributed by atoms with Gasteiger partial charge in [0.25, 0.3) is 5.91 Å². The summed E-state index contributed by atoms with van der Waals surface area (Å²) in [6.07, 6.45) is -0.347. The average molecular weight is 390 g/mol. The molecule has 0 aliphatic carbocycles. The molecule has 1 amide bonds. The van der Waals surface area contributed by atoms with Crippen LogP contribution in [0.2, 0.25) is 0 Å². The molecule has 144 valence electrons. The van der Waals surface area contributed by atoms with E-state index in [-0.39, 0.29) is 0 Å². The molecule has 0 radical (unpaired) electrons. The molecule has 8 nitrogen and oxygen atoms in total. The largest absolute Gasteiger partial charge is 0.448 e. The van der Waals surface area contributed by atoms with Crippen molar-refractivity contribution in [3.05, 3.63) is 34.8 Å². The summed E-state index contributed by atoms with van der Waals surface area (Å²) in [6.45, 7) is 6.56. The second kappa shape index (κ2) is 8.92. The number of carbonyl (C=O) groups is 2. The molecule has 1 aromatic carbocycles. The van der Waals surface area contributed by atoms with E-state index in [0.29, 0.717) is 22.7 Å². The van der Waals surface area contributed by atoms with Crippen LogP contribution in [0.5, 0.6) is 0 Å². The third kappa shape index (κ3) is 4.81. The SMILES string of the molecule is CCc1nnsc1C(=O)O[C@H](C)C(=O)Nc1ccc(N2CCOCC2)cc1. The molecule has 9 heteroatoms. The van der Waals surface area contributed by atoms with Crippen LogP contribution in [0.4, 0.5) is 11.4 Å². The van der Waals surface area contributed by atoms with E-state index in [1.807, 2.05) is 31.2 Å². The molecule has 0 spiro atoms. The number of aromatic nitrogens is 2. The third-order valence-electron chi connectivity index (χ3n) is 4.24. The summed E-state index contributed by atoms with van der Waals surface area (Å²) in [5.41, 5.74) is 2.31. The van der Waals surface area contributed by atoms with E-state index in [0.717, 1.165) is 43.5 Å². The molecule has 27 heavy (non-hydrogen) atoms. The van der Waals surface area contributed by atoms with E-state index in [4.69, 9.17) is 9.47 Å². The van der Waals surface area contributed by atoms with E-state index >= 15 is 0 Å². The molecular formula is C18H22N4O4S. The number of carbonyl (C=O) groups excluding carboxylic acids is 2. The van der Waals surface area contributed by atoms with E-state index < -0.39 is 18.0 Å². The normalized spacial score (nSPS) is 15.3. The highest BCUT2D eigenvalue weighted by Crippen LogP contribution is 2.19. The van der Waals surface area contributed by atoms with Crippen LogP contribution in [0.25, 0.3) is 0 Å². The first-order valence-corrected chi connectivity index (χ1v) is 9.61. The second-order valence-electron chi connectivity index (χ2n) is 6.09. The van der Waals surface area contributed by atoms with Crippen LogP contribution >= 0.6 is 11.5 Å². The molecule has 1 fully saturated rings. The number of esters is 1. The zero-order chi connectivity index (χ0) is 19.2. The molecule has 1 aliphatic rings. The van der Waals surface area contributed by atoms with E-state index in [1.54, 1.807) is 0 Å². The monoisotopic (exact) mass is 390 g/mol. The standard InChI is InChI=1S/C18H22N4O4S/c1-3-15-16(27-21-20-15)18(24)26-12(2)17(23)19-13-4-6-14(7-5-13)22-8-10-25-11-9-22/h4-7,12H,3,8-11H2,1-2H3,(H,19,23)/t12-/m1/s1. The number of rotatable bonds is 6. The molecular weight excluding hydrogens is 368 g/mol. The Morgan fingerprint density at radius 2 is 2.00 bits per heavy atom. The summed E-state index contributed by atoms with van der Waals surface area (Å²) in [6, 6.07) is 7.57. The molecule has 3 rings (SSSR count). The maximum Gasteiger partial charge on any atom is 0.352 e. The smallest absolute Gasteiger partial charge is 0.352 e. The minimum atomic E-state index is -0.928. The van der Waals surface area contributed by atoms with Crippen LogP contribution in [0.15, 0.2) is 24.3 Å². The minimum absolute atomic E-state index is 0.340. The van der Waals surface area contributed by atoms with Crippen molar-refractivity contribution in [2.45, 2.75) is 26.4 Å². The van der Waals surface area contributed by atoms with Crippen molar-refractivity contribution >= 4 is 34.8 Å². The third-order valence-corrected chi connectivity index (χ3v) is 4.99. The summed E-state index contributed by atoms with van der Waals surface area (Å²) in [7, 11) is 0. The number of hydrogen-bond acceptors (Lipinski definition) is 8. The van der Waals surface area contributed by atoms with Gasteiger partial charge in [-0.2, -0.15) is 0 Å². The molecule has 0 unspecified atom stereocenters. The first-order valence-electron chi connectivity index (χ1n) is 8.84. The molecule has 0 bridgehead atoms. The van der Waals surface area contributed by atoms with Gasteiger partial charge in [-0.3, -0.25) is 4.79 Å². The lowest BCUT2D eigenvalue weighted by atomic mass is 10.2. The fourth-order valence-corrected chi connectivity index (χ4v) is 3.32. The van der Waals surface area contributed by atoms with Crippen molar-refractivity contribution in [3.8, 4) is 0 Å². The van der Waals surface area contributed by atoms with Crippen molar-refractivity contribution < 1.29 is 19.1 Å². The Hall–Kier alpha value is -2.52. The van der Waals surface area contributed by atoms with Crippen molar-refractivity contribution in [3.63, 3.8) is 0 Å². The van der Waals surface area contributed by atoms with Gasteiger partial charge in [0.05, 0.1) is 18.9 Å². The van der Waals surface area contributed by atoms with Gasteiger partial charge in [0.15, 0.2) is 11.0 Å². The van der Waals surface area contributed by atoms with E-state index in [9.17, 15) is 9.59 Å². The second-order valence-corrected chi connectivity index (χ2v) is 6.84. The predicted octanol–water partition coefficient (Wildman–Crippen LogP) is 2.12. The number of hydrogen-bond donors (Lipinski definition) is 1. The molecule has 1 saturated heterocycles. The molecule has 2 heterocycles. The summed E-state index contributed by atoms with van der Waals surface area (Å²) in [5.74, 6) is -0.967. The number of aryl methyl sites for hydroxylation is 1. The van der Waals surface area contributed by atoms with Crippen molar-refractivity contribution in [1.82, 2.24) is 9.59 Å². The summed E-state index contributed by atoms with van der Waals surface area (Å²) in [4.78, 5) is 27.1. The highest BCUT2D eigenvalue weighted by atomic mass is 32.1. The molecule has 1 atom stereocenters. The molecule has 1 aliphatic heterocycles. The van der Waals surface area contributed by atoms with Gasteiger partial charge < -0.3 is 19.7 Å². The quantitative estimate of drug-likeness (QED) is 0.755.